The molecule has 0 spiro atoms. The largest absolute Gasteiger partial charge is 0.340 e. The molecule has 94 valence electrons. The normalized spacial score (nSPS) is 11.4. The molecule has 0 saturated heterocycles. The van der Waals surface area contributed by atoms with Crippen molar-refractivity contribution < 1.29 is 9.18 Å². The summed E-state index contributed by atoms with van der Waals surface area (Å²) in [5, 5.41) is 0.0513. The van der Waals surface area contributed by atoms with Gasteiger partial charge in [0, 0.05) is 13.6 Å². The minimum absolute atomic E-state index is 0.0513. The van der Waals surface area contributed by atoms with Crippen LogP contribution in [0.4, 0.5) is 4.39 Å². The predicted molar refractivity (Wildman–Crippen MR) is 66.2 cm³/mol. The van der Waals surface area contributed by atoms with Crippen LogP contribution in [0.3, 0.4) is 0 Å². The van der Waals surface area contributed by atoms with E-state index in [9.17, 15) is 9.18 Å². The molecule has 2 N–H and O–H groups in total. The summed E-state index contributed by atoms with van der Waals surface area (Å²) in [4.78, 5) is 13.3. The van der Waals surface area contributed by atoms with E-state index < -0.39 is 11.4 Å². The molecule has 0 fully saturated rings. The number of likely N-dealkylation sites (N-methyl/N-ethyl adjacent to an activating group) is 1. The van der Waals surface area contributed by atoms with Gasteiger partial charge in [0.15, 0.2) is 0 Å². The lowest BCUT2D eigenvalue weighted by Gasteiger charge is -2.25. The third kappa shape index (κ3) is 3.68. The van der Waals surface area contributed by atoms with Gasteiger partial charge in [0.2, 0.25) is 5.91 Å². The molecule has 0 saturated carbocycles. The van der Waals surface area contributed by atoms with Crippen molar-refractivity contribution in [2.24, 2.45) is 5.73 Å². The second-order valence-corrected chi connectivity index (χ2v) is 5.04. The zero-order chi connectivity index (χ0) is 13.2. The molecule has 1 aromatic carbocycles. The van der Waals surface area contributed by atoms with E-state index in [0.717, 1.165) is 5.56 Å². The van der Waals surface area contributed by atoms with E-state index in [0.29, 0.717) is 6.54 Å². The van der Waals surface area contributed by atoms with Crippen molar-refractivity contribution in [1.29, 1.82) is 0 Å². The van der Waals surface area contributed by atoms with Crippen molar-refractivity contribution in [3.8, 4) is 0 Å². The number of carbonyl (C=O) groups is 1. The van der Waals surface area contributed by atoms with Gasteiger partial charge in [-0.3, -0.25) is 4.79 Å². The molecule has 0 radical (unpaired) electrons. The highest BCUT2D eigenvalue weighted by Gasteiger charge is 2.25. The van der Waals surface area contributed by atoms with E-state index in [4.69, 9.17) is 17.3 Å². The maximum Gasteiger partial charge on any atom is 0.242 e. The standard InChI is InChI=1S/C12H16ClFN2O/c1-12(2,15)11(17)16(3)7-8-4-5-10(14)9(13)6-8/h4-6H,7,15H2,1-3H3. The van der Waals surface area contributed by atoms with Gasteiger partial charge in [-0.2, -0.15) is 0 Å². The lowest BCUT2D eigenvalue weighted by Crippen LogP contribution is -2.49. The fourth-order valence-corrected chi connectivity index (χ4v) is 1.68. The monoisotopic (exact) mass is 258 g/mol. The lowest BCUT2D eigenvalue weighted by molar-refractivity contribution is -0.134. The van der Waals surface area contributed by atoms with Crippen molar-refractivity contribution in [2.45, 2.75) is 25.9 Å². The summed E-state index contributed by atoms with van der Waals surface area (Å²) < 4.78 is 13.0. The van der Waals surface area contributed by atoms with Gasteiger partial charge in [0.1, 0.15) is 5.82 Å². The van der Waals surface area contributed by atoms with Crippen molar-refractivity contribution >= 4 is 17.5 Å². The van der Waals surface area contributed by atoms with Crippen LogP contribution in [0.25, 0.3) is 0 Å². The minimum Gasteiger partial charge on any atom is -0.340 e. The van der Waals surface area contributed by atoms with E-state index in [1.807, 2.05) is 0 Å². The molecule has 0 unspecified atom stereocenters. The highest BCUT2D eigenvalue weighted by molar-refractivity contribution is 6.30. The van der Waals surface area contributed by atoms with E-state index in [1.54, 1.807) is 27.0 Å². The van der Waals surface area contributed by atoms with E-state index in [1.165, 1.54) is 17.0 Å². The van der Waals surface area contributed by atoms with Crippen LogP contribution in [-0.4, -0.2) is 23.4 Å². The first-order valence-corrected chi connectivity index (χ1v) is 5.58. The molecule has 5 heteroatoms. The van der Waals surface area contributed by atoms with Crippen LogP contribution < -0.4 is 5.73 Å². The third-order valence-corrected chi connectivity index (χ3v) is 2.59. The average Bonchev–Trinajstić information content (AvgIpc) is 2.21. The van der Waals surface area contributed by atoms with Crippen LogP contribution in [0, 0.1) is 5.82 Å². The van der Waals surface area contributed by atoms with Crippen molar-refractivity contribution in [3.63, 3.8) is 0 Å². The summed E-state index contributed by atoms with van der Waals surface area (Å²) in [7, 11) is 1.65. The Balaban J connectivity index is 2.78. The molecule has 0 aliphatic heterocycles. The van der Waals surface area contributed by atoms with Gasteiger partial charge < -0.3 is 10.6 Å². The fraction of sp³-hybridized carbons (Fsp3) is 0.417. The number of hydrogen-bond acceptors (Lipinski definition) is 2. The number of nitrogens with zero attached hydrogens (tertiary/aromatic N) is 1. The minimum atomic E-state index is -0.918. The number of benzene rings is 1. The molecule has 0 heterocycles. The zero-order valence-electron chi connectivity index (χ0n) is 10.1. The summed E-state index contributed by atoms with van der Waals surface area (Å²) in [6, 6.07) is 4.38. The van der Waals surface area contributed by atoms with Gasteiger partial charge in [-0.05, 0) is 31.5 Å². The Morgan fingerprint density at radius 3 is 2.59 bits per heavy atom. The Kier molecular flexibility index (Phi) is 4.11. The quantitative estimate of drug-likeness (QED) is 0.903. The second-order valence-electron chi connectivity index (χ2n) is 4.63. The predicted octanol–water partition coefficient (Wildman–Crippen LogP) is 2.17. The molecule has 0 aromatic heterocycles. The Morgan fingerprint density at radius 2 is 2.12 bits per heavy atom. The number of rotatable bonds is 3. The van der Waals surface area contributed by atoms with Crippen LogP contribution in [0.15, 0.2) is 18.2 Å². The topological polar surface area (TPSA) is 46.3 Å². The fourth-order valence-electron chi connectivity index (χ4n) is 1.48. The highest BCUT2D eigenvalue weighted by atomic mass is 35.5. The van der Waals surface area contributed by atoms with Crippen molar-refractivity contribution in [2.75, 3.05) is 7.05 Å². The molecule has 17 heavy (non-hydrogen) atoms. The third-order valence-electron chi connectivity index (χ3n) is 2.30. The summed E-state index contributed by atoms with van der Waals surface area (Å²) in [6.45, 7) is 3.63. The Labute approximate surface area is 105 Å². The van der Waals surface area contributed by atoms with Gasteiger partial charge in [-0.15, -0.1) is 0 Å². The maximum atomic E-state index is 13.0. The zero-order valence-corrected chi connectivity index (χ0v) is 10.9. The molecule has 1 aromatic rings. The number of halogens is 2. The van der Waals surface area contributed by atoms with Gasteiger partial charge in [-0.1, -0.05) is 17.7 Å². The Hall–Kier alpha value is -1.13. The maximum absolute atomic E-state index is 13.0. The van der Waals surface area contributed by atoms with Gasteiger partial charge in [0.05, 0.1) is 10.6 Å². The molecule has 0 bridgehead atoms. The number of hydrogen-bond donors (Lipinski definition) is 1. The molecule has 1 rings (SSSR count). The van der Waals surface area contributed by atoms with Gasteiger partial charge in [0.25, 0.3) is 0 Å². The van der Waals surface area contributed by atoms with Crippen molar-refractivity contribution in [1.82, 2.24) is 4.90 Å². The first-order valence-electron chi connectivity index (χ1n) is 5.20. The van der Waals surface area contributed by atoms with Gasteiger partial charge >= 0.3 is 0 Å². The van der Waals surface area contributed by atoms with Crippen LogP contribution in [-0.2, 0) is 11.3 Å². The number of nitrogens with two attached hydrogens (primary N) is 1. The molecular formula is C12H16ClFN2O. The molecule has 0 aliphatic carbocycles. The molecule has 0 atom stereocenters. The van der Waals surface area contributed by atoms with Crippen LogP contribution in [0.1, 0.15) is 19.4 Å². The van der Waals surface area contributed by atoms with Gasteiger partial charge in [-0.25, -0.2) is 4.39 Å². The Bertz CT molecular complexity index is 429. The molecule has 0 aliphatic rings. The van der Waals surface area contributed by atoms with E-state index >= 15 is 0 Å². The SMILES string of the molecule is CN(Cc1ccc(F)c(Cl)c1)C(=O)C(C)(C)N. The van der Waals surface area contributed by atoms with Crippen LogP contribution in [0.2, 0.25) is 5.02 Å². The summed E-state index contributed by atoms with van der Waals surface area (Å²) in [5.41, 5.74) is 5.55. The average molecular weight is 259 g/mol. The smallest absolute Gasteiger partial charge is 0.242 e. The van der Waals surface area contributed by atoms with Crippen LogP contribution >= 0.6 is 11.6 Å². The second kappa shape index (κ2) is 5.02. The van der Waals surface area contributed by atoms with Crippen LogP contribution in [0.5, 0.6) is 0 Å². The first-order chi connectivity index (χ1) is 7.71. The molecule has 1 amide bonds. The first kappa shape index (κ1) is 13.9. The molecular weight excluding hydrogens is 243 g/mol. The number of carbonyl (C=O) groups excluding carboxylic acids is 1. The summed E-state index contributed by atoms with van der Waals surface area (Å²) in [5.74, 6) is -0.651. The summed E-state index contributed by atoms with van der Waals surface area (Å²) >= 11 is 5.66. The van der Waals surface area contributed by atoms with E-state index in [-0.39, 0.29) is 10.9 Å². The lowest BCUT2D eigenvalue weighted by atomic mass is 10.1. The van der Waals surface area contributed by atoms with Crippen molar-refractivity contribution in [3.05, 3.63) is 34.6 Å². The van der Waals surface area contributed by atoms with E-state index in [2.05, 4.69) is 0 Å². The summed E-state index contributed by atoms with van der Waals surface area (Å²) in [6.07, 6.45) is 0. The Morgan fingerprint density at radius 1 is 1.53 bits per heavy atom. The highest BCUT2D eigenvalue weighted by Crippen LogP contribution is 2.17. The number of amides is 1. The molecule has 3 nitrogen and oxygen atoms in total.